The summed E-state index contributed by atoms with van der Waals surface area (Å²) in [5.41, 5.74) is 1.97. The number of ether oxygens (including phenoxy) is 1. The van der Waals surface area contributed by atoms with Crippen molar-refractivity contribution < 1.29 is 9.53 Å². The maximum Gasteiger partial charge on any atom is 0.278 e. The zero-order chi connectivity index (χ0) is 21.9. The van der Waals surface area contributed by atoms with Crippen LogP contribution in [0.3, 0.4) is 0 Å². The minimum absolute atomic E-state index is 0.199. The molecule has 164 valence electrons. The van der Waals surface area contributed by atoms with E-state index in [9.17, 15) is 9.59 Å². The van der Waals surface area contributed by atoms with Gasteiger partial charge >= 0.3 is 0 Å². The van der Waals surface area contributed by atoms with Crippen LogP contribution in [0.4, 0.5) is 5.69 Å². The van der Waals surface area contributed by atoms with Crippen molar-refractivity contribution in [2.75, 3.05) is 38.2 Å². The number of nitrogens with one attached hydrogen (secondary N) is 1. The summed E-state index contributed by atoms with van der Waals surface area (Å²) in [7, 11) is 0. The van der Waals surface area contributed by atoms with E-state index in [0.717, 1.165) is 55.0 Å². The van der Waals surface area contributed by atoms with Crippen LogP contribution in [0.5, 0.6) is 0 Å². The highest BCUT2D eigenvalue weighted by atomic mass is 16.5. The lowest BCUT2D eigenvalue weighted by Crippen LogP contribution is -2.38. The van der Waals surface area contributed by atoms with Gasteiger partial charge in [-0.15, -0.1) is 5.10 Å². The second-order valence-electron chi connectivity index (χ2n) is 7.85. The number of anilines is 1. The fraction of sp³-hybridized carbons (Fsp3) is 0.304. The second-order valence-corrected chi connectivity index (χ2v) is 7.85. The van der Waals surface area contributed by atoms with Crippen molar-refractivity contribution in [2.45, 2.75) is 13.1 Å². The van der Waals surface area contributed by atoms with Gasteiger partial charge in [0.25, 0.3) is 5.56 Å². The molecule has 32 heavy (non-hydrogen) atoms. The van der Waals surface area contributed by atoms with E-state index >= 15 is 0 Å². The van der Waals surface area contributed by atoms with Gasteiger partial charge in [-0.3, -0.25) is 14.5 Å². The Kier molecular flexibility index (Phi) is 5.66. The van der Waals surface area contributed by atoms with Crippen molar-refractivity contribution in [3.63, 3.8) is 0 Å². The SMILES string of the molecule is O=C(Cn1nnc2ccccc2c1=O)Nc1ccc2c(ccn2CCN2CCOCC2)c1. The molecule has 1 saturated heterocycles. The fourth-order valence-corrected chi connectivity index (χ4v) is 4.01. The molecule has 9 heteroatoms. The standard InChI is InChI=1S/C23H24N6O3/c30-22(16-29-23(31)19-3-1-2-4-20(19)25-26-29)24-18-5-6-21-17(15-18)7-8-28(21)10-9-27-11-13-32-14-12-27/h1-8,15H,9-14,16H2,(H,24,30). The molecule has 2 aromatic carbocycles. The number of amides is 1. The average molecular weight is 432 g/mol. The minimum atomic E-state index is -0.335. The van der Waals surface area contributed by atoms with Gasteiger partial charge < -0.3 is 14.6 Å². The molecule has 0 saturated carbocycles. The topological polar surface area (TPSA) is 94.3 Å². The molecule has 0 radical (unpaired) electrons. The number of carbonyl (C=O) groups is 1. The zero-order valence-electron chi connectivity index (χ0n) is 17.6. The van der Waals surface area contributed by atoms with Gasteiger partial charge in [-0.05, 0) is 36.4 Å². The van der Waals surface area contributed by atoms with Crippen LogP contribution in [0.1, 0.15) is 0 Å². The molecule has 0 unspecified atom stereocenters. The minimum Gasteiger partial charge on any atom is -0.379 e. The molecule has 4 aromatic rings. The first-order chi connectivity index (χ1) is 15.7. The van der Waals surface area contributed by atoms with Crippen LogP contribution >= 0.6 is 0 Å². The van der Waals surface area contributed by atoms with Gasteiger partial charge in [-0.2, -0.15) is 0 Å². The molecular weight excluding hydrogens is 408 g/mol. The molecule has 0 atom stereocenters. The number of carbonyl (C=O) groups excluding carboxylic acids is 1. The lowest BCUT2D eigenvalue weighted by atomic mass is 10.2. The van der Waals surface area contributed by atoms with Crippen LogP contribution in [-0.4, -0.2) is 63.2 Å². The number of nitrogens with zero attached hydrogens (tertiary/aromatic N) is 5. The molecule has 5 rings (SSSR count). The normalized spacial score (nSPS) is 14.8. The van der Waals surface area contributed by atoms with Gasteiger partial charge in [0.05, 0.1) is 18.6 Å². The molecule has 0 aliphatic carbocycles. The van der Waals surface area contributed by atoms with Gasteiger partial charge in [0, 0.05) is 49.0 Å². The average Bonchev–Trinajstić information content (AvgIpc) is 3.22. The molecule has 3 heterocycles. The Morgan fingerprint density at radius 1 is 1.06 bits per heavy atom. The highest BCUT2D eigenvalue weighted by molar-refractivity contribution is 5.93. The molecule has 0 spiro atoms. The molecule has 1 amide bonds. The summed E-state index contributed by atoms with van der Waals surface area (Å²) >= 11 is 0. The summed E-state index contributed by atoms with van der Waals surface area (Å²) in [6.07, 6.45) is 2.07. The largest absolute Gasteiger partial charge is 0.379 e. The molecular formula is C23H24N6O3. The van der Waals surface area contributed by atoms with Crippen molar-refractivity contribution in [3.05, 3.63) is 65.1 Å². The summed E-state index contributed by atoms with van der Waals surface area (Å²) < 4.78 is 8.71. The zero-order valence-corrected chi connectivity index (χ0v) is 17.6. The van der Waals surface area contributed by atoms with Crippen molar-refractivity contribution in [1.29, 1.82) is 0 Å². The molecule has 1 fully saturated rings. The third-order valence-electron chi connectivity index (χ3n) is 5.74. The van der Waals surface area contributed by atoms with Gasteiger partial charge in [0.1, 0.15) is 12.1 Å². The smallest absolute Gasteiger partial charge is 0.278 e. The van der Waals surface area contributed by atoms with Gasteiger partial charge in [-0.25, -0.2) is 4.68 Å². The van der Waals surface area contributed by atoms with E-state index in [1.807, 2.05) is 24.3 Å². The van der Waals surface area contributed by atoms with Crippen molar-refractivity contribution in [3.8, 4) is 0 Å². The van der Waals surface area contributed by atoms with Crippen LogP contribution in [0.25, 0.3) is 21.8 Å². The van der Waals surface area contributed by atoms with Gasteiger partial charge in [0.15, 0.2) is 0 Å². The maximum absolute atomic E-state index is 12.5. The molecule has 2 aromatic heterocycles. The lowest BCUT2D eigenvalue weighted by molar-refractivity contribution is -0.117. The molecule has 9 nitrogen and oxygen atoms in total. The van der Waals surface area contributed by atoms with Crippen molar-refractivity contribution in [2.24, 2.45) is 0 Å². The van der Waals surface area contributed by atoms with E-state index in [1.54, 1.807) is 24.3 Å². The van der Waals surface area contributed by atoms with E-state index in [4.69, 9.17) is 4.74 Å². The summed E-state index contributed by atoms with van der Waals surface area (Å²) in [5, 5.41) is 12.2. The summed E-state index contributed by atoms with van der Waals surface area (Å²) in [6.45, 7) is 5.22. The molecule has 1 aliphatic rings. The van der Waals surface area contributed by atoms with Crippen LogP contribution < -0.4 is 10.9 Å². The highest BCUT2D eigenvalue weighted by Crippen LogP contribution is 2.21. The van der Waals surface area contributed by atoms with E-state index < -0.39 is 0 Å². The van der Waals surface area contributed by atoms with Gasteiger partial charge in [0.2, 0.25) is 5.91 Å². The van der Waals surface area contributed by atoms with Crippen molar-refractivity contribution >= 4 is 33.4 Å². The Labute approximate surface area is 184 Å². The Morgan fingerprint density at radius 3 is 2.78 bits per heavy atom. The monoisotopic (exact) mass is 432 g/mol. The second kappa shape index (κ2) is 8.89. The number of benzene rings is 2. The van der Waals surface area contributed by atoms with Crippen LogP contribution in [0.15, 0.2) is 59.5 Å². The van der Waals surface area contributed by atoms with Crippen molar-refractivity contribution in [1.82, 2.24) is 24.5 Å². The fourth-order valence-electron chi connectivity index (χ4n) is 4.01. The Hall–Kier alpha value is -3.56. The number of rotatable bonds is 6. The Bertz CT molecular complexity index is 1320. The number of fused-ring (bicyclic) bond motifs is 2. The van der Waals surface area contributed by atoms with E-state index in [0.29, 0.717) is 16.6 Å². The van der Waals surface area contributed by atoms with Crippen LogP contribution in [-0.2, 0) is 22.6 Å². The third kappa shape index (κ3) is 4.25. The lowest BCUT2D eigenvalue weighted by Gasteiger charge is -2.26. The predicted octanol–water partition coefficient (Wildman–Crippen LogP) is 1.72. The van der Waals surface area contributed by atoms with Crippen LogP contribution in [0.2, 0.25) is 0 Å². The quantitative estimate of drug-likeness (QED) is 0.499. The number of hydrogen-bond donors (Lipinski definition) is 1. The Morgan fingerprint density at radius 2 is 1.91 bits per heavy atom. The summed E-state index contributed by atoms with van der Waals surface area (Å²) in [6, 6.07) is 14.8. The summed E-state index contributed by atoms with van der Waals surface area (Å²) in [5.74, 6) is -0.331. The first-order valence-electron chi connectivity index (χ1n) is 10.7. The number of aromatic nitrogens is 4. The van der Waals surface area contributed by atoms with Gasteiger partial charge in [-0.1, -0.05) is 17.3 Å². The molecule has 1 N–H and O–H groups in total. The first-order valence-corrected chi connectivity index (χ1v) is 10.7. The van der Waals surface area contributed by atoms with Crippen LogP contribution in [0, 0.1) is 0 Å². The molecule has 1 aliphatic heterocycles. The predicted molar refractivity (Wildman–Crippen MR) is 122 cm³/mol. The number of morpholine rings is 1. The van der Waals surface area contributed by atoms with E-state index in [2.05, 4.69) is 31.3 Å². The third-order valence-corrected chi connectivity index (χ3v) is 5.74. The molecule has 0 bridgehead atoms. The number of hydrogen-bond acceptors (Lipinski definition) is 6. The Balaban J connectivity index is 1.25. The highest BCUT2D eigenvalue weighted by Gasteiger charge is 2.12. The first kappa shape index (κ1) is 20.3. The van der Waals surface area contributed by atoms with E-state index in [1.165, 1.54) is 0 Å². The van der Waals surface area contributed by atoms with E-state index in [-0.39, 0.29) is 18.0 Å². The maximum atomic E-state index is 12.5. The summed E-state index contributed by atoms with van der Waals surface area (Å²) in [4.78, 5) is 27.5.